The lowest BCUT2D eigenvalue weighted by Gasteiger charge is -2.10. The molecule has 0 heterocycles. The summed E-state index contributed by atoms with van der Waals surface area (Å²) in [6, 6.07) is 10.6. The number of ether oxygens (including phenoxy) is 1. The quantitative estimate of drug-likeness (QED) is 0.650. The Bertz CT molecular complexity index is 591. The monoisotopic (exact) mass is 290 g/mol. The molecule has 2 rings (SSSR count). The number of unbranched alkanes of at least 4 members (excludes halogenated alkanes) is 1. The molecule has 0 bridgehead atoms. The molecule has 0 saturated heterocycles. The highest BCUT2D eigenvalue weighted by Crippen LogP contribution is 2.30. The molecule has 0 N–H and O–H groups in total. The Balaban J connectivity index is 2.26. The van der Waals surface area contributed by atoms with Gasteiger partial charge in [-0.3, -0.25) is 0 Å². The molecule has 0 amide bonds. The van der Waals surface area contributed by atoms with Gasteiger partial charge in [0.1, 0.15) is 0 Å². The lowest BCUT2D eigenvalue weighted by Crippen LogP contribution is -2.01. The minimum Gasteiger partial charge on any atom is -0.490 e. The molecule has 0 aliphatic carbocycles. The summed E-state index contributed by atoms with van der Waals surface area (Å²) in [6.07, 6.45) is 2.69. The molecule has 0 aliphatic rings. The summed E-state index contributed by atoms with van der Waals surface area (Å²) in [6.45, 7) is 4.47. The van der Waals surface area contributed by atoms with Crippen LogP contribution in [-0.4, -0.2) is 6.61 Å². The molecule has 3 heteroatoms. The lowest BCUT2D eigenvalue weighted by atomic mass is 10.0. The first-order valence-corrected chi connectivity index (χ1v) is 7.37. The minimum atomic E-state index is -0.914. The second kappa shape index (κ2) is 7.21. The second-order valence-corrected chi connectivity index (χ2v) is 4.99. The molecule has 2 aromatic rings. The van der Waals surface area contributed by atoms with Gasteiger partial charge in [0.25, 0.3) is 0 Å². The predicted octanol–water partition coefficient (Wildman–Crippen LogP) is 5.37. The first-order chi connectivity index (χ1) is 10.2. The van der Waals surface area contributed by atoms with Gasteiger partial charge in [-0.25, -0.2) is 4.39 Å². The Morgan fingerprint density at radius 1 is 0.905 bits per heavy atom. The normalized spacial score (nSPS) is 10.7. The van der Waals surface area contributed by atoms with Crippen LogP contribution in [0, 0.1) is 11.6 Å². The first-order valence-electron chi connectivity index (χ1n) is 7.37. The summed E-state index contributed by atoms with van der Waals surface area (Å²) in [4.78, 5) is 0. The van der Waals surface area contributed by atoms with E-state index in [2.05, 4.69) is 6.92 Å². The number of rotatable bonds is 6. The SMILES string of the molecule is CCCCOc1ccc(-c2ccc(CC)cc2)c(F)c1F. The van der Waals surface area contributed by atoms with Gasteiger partial charge in [0.2, 0.25) is 5.82 Å². The Kier molecular flexibility index (Phi) is 5.32. The average molecular weight is 290 g/mol. The zero-order valence-corrected chi connectivity index (χ0v) is 12.5. The smallest absolute Gasteiger partial charge is 0.201 e. The van der Waals surface area contributed by atoms with Gasteiger partial charge < -0.3 is 4.74 Å². The molecule has 0 atom stereocenters. The van der Waals surface area contributed by atoms with Crippen LogP contribution >= 0.6 is 0 Å². The standard InChI is InChI=1S/C18H20F2O/c1-3-5-12-21-16-11-10-15(17(19)18(16)20)14-8-6-13(4-2)7-9-14/h6-11H,3-5,12H2,1-2H3. The van der Waals surface area contributed by atoms with Gasteiger partial charge in [0.15, 0.2) is 11.6 Å². The van der Waals surface area contributed by atoms with E-state index >= 15 is 0 Å². The van der Waals surface area contributed by atoms with Crippen molar-refractivity contribution in [3.8, 4) is 16.9 Å². The van der Waals surface area contributed by atoms with Crippen molar-refractivity contribution >= 4 is 0 Å². The highest BCUT2D eigenvalue weighted by atomic mass is 19.2. The number of benzene rings is 2. The third kappa shape index (κ3) is 3.60. The molecular weight excluding hydrogens is 270 g/mol. The summed E-state index contributed by atoms with van der Waals surface area (Å²) in [5.74, 6) is -1.79. The Morgan fingerprint density at radius 2 is 1.62 bits per heavy atom. The average Bonchev–Trinajstić information content (AvgIpc) is 2.52. The summed E-state index contributed by atoms with van der Waals surface area (Å²) in [7, 11) is 0. The summed E-state index contributed by atoms with van der Waals surface area (Å²) >= 11 is 0. The number of hydrogen-bond donors (Lipinski definition) is 0. The Hall–Kier alpha value is -1.90. The van der Waals surface area contributed by atoms with Crippen molar-refractivity contribution in [2.24, 2.45) is 0 Å². The van der Waals surface area contributed by atoms with Crippen LogP contribution in [0.3, 0.4) is 0 Å². The van der Waals surface area contributed by atoms with E-state index in [1.54, 1.807) is 6.07 Å². The molecule has 0 fully saturated rings. The lowest BCUT2D eigenvalue weighted by molar-refractivity contribution is 0.289. The van der Waals surface area contributed by atoms with Gasteiger partial charge in [-0.2, -0.15) is 4.39 Å². The van der Waals surface area contributed by atoms with Crippen LogP contribution in [0.4, 0.5) is 8.78 Å². The fourth-order valence-corrected chi connectivity index (χ4v) is 2.11. The molecule has 0 aliphatic heterocycles. The van der Waals surface area contributed by atoms with Crippen LogP contribution in [-0.2, 0) is 6.42 Å². The van der Waals surface area contributed by atoms with Crippen molar-refractivity contribution in [2.45, 2.75) is 33.1 Å². The predicted molar refractivity (Wildman–Crippen MR) is 81.6 cm³/mol. The maximum atomic E-state index is 14.2. The second-order valence-electron chi connectivity index (χ2n) is 4.99. The van der Waals surface area contributed by atoms with Crippen molar-refractivity contribution in [3.63, 3.8) is 0 Å². The van der Waals surface area contributed by atoms with Crippen molar-refractivity contribution in [2.75, 3.05) is 6.61 Å². The third-order valence-electron chi connectivity index (χ3n) is 3.48. The molecule has 0 radical (unpaired) electrons. The van der Waals surface area contributed by atoms with Gasteiger partial charge in [-0.15, -0.1) is 0 Å². The number of aryl methyl sites for hydroxylation is 1. The molecule has 21 heavy (non-hydrogen) atoms. The topological polar surface area (TPSA) is 9.23 Å². The minimum absolute atomic E-state index is 0.0186. The van der Waals surface area contributed by atoms with Gasteiger partial charge in [-0.1, -0.05) is 44.5 Å². The maximum Gasteiger partial charge on any atom is 0.201 e. The highest BCUT2D eigenvalue weighted by Gasteiger charge is 2.15. The fraction of sp³-hybridized carbons (Fsp3) is 0.333. The van der Waals surface area contributed by atoms with Gasteiger partial charge >= 0.3 is 0 Å². The highest BCUT2D eigenvalue weighted by molar-refractivity contribution is 5.65. The molecule has 0 spiro atoms. The summed E-state index contributed by atoms with van der Waals surface area (Å²) in [5.41, 5.74) is 2.10. The van der Waals surface area contributed by atoms with Crippen molar-refractivity contribution in [3.05, 3.63) is 53.6 Å². The molecule has 1 nitrogen and oxygen atoms in total. The van der Waals surface area contributed by atoms with Crippen LogP contribution in [0.15, 0.2) is 36.4 Å². The van der Waals surface area contributed by atoms with Crippen molar-refractivity contribution in [1.82, 2.24) is 0 Å². The van der Waals surface area contributed by atoms with E-state index in [0.717, 1.165) is 19.3 Å². The van der Waals surface area contributed by atoms with Gasteiger partial charge in [0.05, 0.1) is 6.61 Å². The van der Waals surface area contributed by atoms with Crippen molar-refractivity contribution in [1.29, 1.82) is 0 Å². The van der Waals surface area contributed by atoms with Gasteiger partial charge in [-0.05, 0) is 36.1 Å². The molecule has 0 saturated carbocycles. The molecular formula is C18H20F2O. The van der Waals surface area contributed by atoms with E-state index in [4.69, 9.17) is 4.74 Å². The van der Waals surface area contributed by atoms with Crippen LogP contribution < -0.4 is 4.74 Å². The van der Waals surface area contributed by atoms with E-state index in [1.807, 2.05) is 31.2 Å². The zero-order chi connectivity index (χ0) is 15.2. The Morgan fingerprint density at radius 3 is 2.24 bits per heavy atom. The molecule has 2 aromatic carbocycles. The Labute approximate surface area is 124 Å². The molecule has 0 unspecified atom stereocenters. The van der Waals surface area contributed by atoms with E-state index in [-0.39, 0.29) is 11.3 Å². The number of halogens is 2. The fourth-order valence-electron chi connectivity index (χ4n) is 2.11. The number of hydrogen-bond acceptors (Lipinski definition) is 1. The van der Waals surface area contributed by atoms with E-state index in [0.29, 0.717) is 12.2 Å². The van der Waals surface area contributed by atoms with Crippen LogP contribution in [0.25, 0.3) is 11.1 Å². The van der Waals surface area contributed by atoms with Crippen LogP contribution in [0.5, 0.6) is 5.75 Å². The third-order valence-corrected chi connectivity index (χ3v) is 3.48. The van der Waals surface area contributed by atoms with Crippen molar-refractivity contribution < 1.29 is 13.5 Å². The van der Waals surface area contributed by atoms with E-state index < -0.39 is 11.6 Å². The van der Waals surface area contributed by atoms with E-state index in [9.17, 15) is 8.78 Å². The zero-order valence-electron chi connectivity index (χ0n) is 12.5. The van der Waals surface area contributed by atoms with Crippen LogP contribution in [0.2, 0.25) is 0 Å². The van der Waals surface area contributed by atoms with Crippen LogP contribution in [0.1, 0.15) is 32.3 Å². The molecule has 112 valence electrons. The largest absolute Gasteiger partial charge is 0.490 e. The summed E-state index contributed by atoms with van der Waals surface area (Å²) < 4.78 is 33.5. The molecule has 0 aromatic heterocycles. The summed E-state index contributed by atoms with van der Waals surface area (Å²) in [5, 5.41) is 0. The van der Waals surface area contributed by atoms with Gasteiger partial charge in [0, 0.05) is 5.56 Å². The maximum absolute atomic E-state index is 14.2. The first kappa shape index (κ1) is 15.5. The van der Waals surface area contributed by atoms with E-state index in [1.165, 1.54) is 11.6 Å².